The van der Waals surface area contributed by atoms with Gasteiger partial charge in [-0.05, 0) is 13.3 Å². The number of hydrogen-bond donors (Lipinski definition) is 0. The van der Waals surface area contributed by atoms with Crippen LogP contribution < -0.4 is 5.32 Å². The van der Waals surface area contributed by atoms with Crippen molar-refractivity contribution in [3.05, 3.63) is 12.3 Å². The molecule has 0 spiro atoms. The van der Waals surface area contributed by atoms with Gasteiger partial charge in [0.2, 0.25) is 0 Å². The van der Waals surface area contributed by atoms with Gasteiger partial charge in [-0.25, -0.2) is 0 Å². The van der Waals surface area contributed by atoms with Crippen molar-refractivity contribution in [3.63, 3.8) is 0 Å². The molecule has 0 rings (SSSR count). The Kier molecular flexibility index (Phi) is 5.18. The van der Waals surface area contributed by atoms with Gasteiger partial charge in [0.1, 0.15) is 0 Å². The lowest BCUT2D eigenvalue weighted by Gasteiger charge is -1.86. The monoisotopic (exact) mass is 98.1 g/mol. The predicted molar refractivity (Wildman–Crippen MR) is 32.1 cm³/mol. The smallest absolute Gasteiger partial charge is 0.0386 e. The zero-order valence-electron chi connectivity index (χ0n) is 5.02. The molecule has 0 saturated heterocycles. The molecule has 0 aliphatic carbocycles. The molecule has 0 N–H and O–H groups in total. The van der Waals surface area contributed by atoms with Crippen LogP contribution in [-0.4, -0.2) is 6.54 Å². The Balaban J connectivity index is 2.69. The standard InChI is InChI=1S/C6H12N/c1-3-5-7-6-4-2/h3,5H,4,6H2,1-2H3. The first kappa shape index (κ1) is 6.54. The van der Waals surface area contributed by atoms with Gasteiger partial charge in [0.05, 0.1) is 0 Å². The van der Waals surface area contributed by atoms with Crippen molar-refractivity contribution in [2.24, 2.45) is 0 Å². The van der Waals surface area contributed by atoms with Crippen molar-refractivity contribution < 1.29 is 0 Å². The summed E-state index contributed by atoms with van der Waals surface area (Å²) >= 11 is 0. The Morgan fingerprint density at radius 2 is 2.29 bits per heavy atom. The topological polar surface area (TPSA) is 14.1 Å². The minimum absolute atomic E-state index is 0.963. The highest BCUT2D eigenvalue weighted by atomic mass is 14.8. The quantitative estimate of drug-likeness (QED) is 0.475. The van der Waals surface area contributed by atoms with E-state index in [1.54, 1.807) is 0 Å². The first-order chi connectivity index (χ1) is 3.41. The van der Waals surface area contributed by atoms with Crippen molar-refractivity contribution in [1.82, 2.24) is 5.32 Å². The first-order valence-electron chi connectivity index (χ1n) is 2.69. The lowest BCUT2D eigenvalue weighted by Crippen LogP contribution is -1.94. The van der Waals surface area contributed by atoms with Gasteiger partial charge in [-0.15, -0.1) is 0 Å². The molecular weight excluding hydrogens is 86.1 g/mol. The highest BCUT2D eigenvalue weighted by molar-refractivity contribution is 4.72. The number of hydrogen-bond acceptors (Lipinski definition) is 0. The summed E-state index contributed by atoms with van der Waals surface area (Å²) in [7, 11) is 0. The van der Waals surface area contributed by atoms with Crippen molar-refractivity contribution >= 4 is 0 Å². The van der Waals surface area contributed by atoms with Crippen LogP contribution in [0.5, 0.6) is 0 Å². The van der Waals surface area contributed by atoms with Gasteiger partial charge in [0.25, 0.3) is 0 Å². The van der Waals surface area contributed by atoms with E-state index in [0.29, 0.717) is 0 Å². The second-order valence-electron chi connectivity index (χ2n) is 1.39. The lowest BCUT2D eigenvalue weighted by atomic mass is 10.5. The van der Waals surface area contributed by atoms with Crippen LogP contribution in [0.1, 0.15) is 20.3 Å². The van der Waals surface area contributed by atoms with Crippen LogP contribution in [0.2, 0.25) is 0 Å². The second-order valence-corrected chi connectivity index (χ2v) is 1.39. The molecule has 1 nitrogen and oxygen atoms in total. The largest absolute Gasteiger partial charge is 0.294 e. The highest BCUT2D eigenvalue weighted by Gasteiger charge is 1.71. The SMILES string of the molecule is CC=C[N]CCC. The summed E-state index contributed by atoms with van der Waals surface area (Å²) in [6.45, 7) is 5.05. The van der Waals surface area contributed by atoms with Gasteiger partial charge in [0, 0.05) is 12.7 Å². The zero-order chi connectivity index (χ0) is 5.54. The maximum Gasteiger partial charge on any atom is 0.0386 e. The fraction of sp³-hybridized carbons (Fsp3) is 0.667. The van der Waals surface area contributed by atoms with E-state index in [0.717, 1.165) is 13.0 Å². The van der Waals surface area contributed by atoms with Gasteiger partial charge in [-0.2, -0.15) is 0 Å². The average Bonchev–Trinajstić information content (AvgIpc) is 1.69. The molecule has 1 heteroatoms. The Morgan fingerprint density at radius 1 is 1.57 bits per heavy atom. The molecule has 0 aromatic heterocycles. The molecule has 0 unspecified atom stereocenters. The summed E-state index contributed by atoms with van der Waals surface area (Å²) in [6.07, 6.45) is 4.92. The van der Waals surface area contributed by atoms with E-state index in [-0.39, 0.29) is 0 Å². The van der Waals surface area contributed by atoms with Crippen molar-refractivity contribution in [2.75, 3.05) is 6.54 Å². The average molecular weight is 98.2 g/mol. The van der Waals surface area contributed by atoms with E-state index in [2.05, 4.69) is 12.2 Å². The third-order valence-corrected chi connectivity index (χ3v) is 0.607. The lowest BCUT2D eigenvalue weighted by molar-refractivity contribution is 0.795. The number of allylic oxidation sites excluding steroid dienone is 1. The predicted octanol–water partition coefficient (Wildman–Crippen LogP) is 1.53. The van der Waals surface area contributed by atoms with Crippen molar-refractivity contribution in [3.8, 4) is 0 Å². The molecule has 0 aromatic rings. The molecule has 41 valence electrons. The van der Waals surface area contributed by atoms with E-state index >= 15 is 0 Å². The molecule has 1 radical (unpaired) electrons. The van der Waals surface area contributed by atoms with E-state index in [4.69, 9.17) is 0 Å². The second kappa shape index (κ2) is 5.54. The van der Waals surface area contributed by atoms with Gasteiger partial charge < -0.3 is 0 Å². The van der Waals surface area contributed by atoms with Gasteiger partial charge in [-0.1, -0.05) is 13.0 Å². The summed E-state index contributed by atoms with van der Waals surface area (Å²) in [4.78, 5) is 0. The van der Waals surface area contributed by atoms with E-state index in [9.17, 15) is 0 Å². The maximum absolute atomic E-state index is 4.03. The van der Waals surface area contributed by atoms with Gasteiger partial charge in [-0.3, -0.25) is 5.32 Å². The Morgan fingerprint density at radius 3 is 2.71 bits per heavy atom. The van der Waals surface area contributed by atoms with Crippen LogP contribution in [0.4, 0.5) is 0 Å². The van der Waals surface area contributed by atoms with Crippen LogP contribution in [0.15, 0.2) is 12.3 Å². The summed E-state index contributed by atoms with van der Waals surface area (Å²) in [5, 5.41) is 4.03. The van der Waals surface area contributed by atoms with Crippen LogP contribution in [0.25, 0.3) is 0 Å². The zero-order valence-corrected chi connectivity index (χ0v) is 5.02. The normalized spacial score (nSPS) is 10.0. The van der Waals surface area contributed by atoms with Crippen molar-refractivity contribution in [1.29, 1.82) is 0 Å². The van der Waals surface area contributed by atoms with Crippen LogP contribution in [-0.2, 0) is 0 Å². The van der Waals surface area contributed by atoms with E-state index < -0.39 is 0 Å². The fourth-order valence-corrected chi connectivity index (χ4v) is 0.309. The molecule has 0 saturated carbocycles. The minimum atomic E-state index is 0.963. The molecular formula is C6H12N. The Hall–Kier alpha value is -0.460. The fourth-order valence-electron chi connectivity index (χ4n) is 0.309. The van der Waals surface area contributed by atoms with Crippen LogP contribution >= 0.6 is 0 Å². The molecule has 0 aliphatic rings. The summed E-state index contributed by atoms with van der Waals surface area (Å²) < 4.78 is 0. The summed E-state index contributed by atoms with van der Waals surface area (Å²) in [6, 6.07) is 0. The Labute approximate surface area is 45.4 Å². The van der Waals surface area contributed by atoms with Crippen LogP contribution in [0, 0.1) is 0 Å². The van der Waals surface area contributed by atoms with E-state index in [1.165, 1.54) is 0 Å². The van der Waals surface area contributed by atoms with Crippen molar-refractivity contribution in [2.45, 2.75) is 20.3 Å². The molecule has 0 amide bonds. The molecule has 0 aromatic carbocycles. The molecule has 0 aliphatic heterocycles. The maximum atomic E-state index is 4.03. The highest BCUT2D eigenvalue weighted by Crippen LogP contribution is 1.71. The number of rotatable bonds is 3. The summed E-state index contributed by atoms with van der Waals surface area (Å²) in [5.74, 6) is 0. The third-order valence-electron chi connectivity index (χ3n) is 0.607. The molecule has 0 bridgehead atoms. The minimum Gasteiger partial charge on any atom is -0.294 e. The van der Waals surface area contributed by atoms with Gasteiger partial charge >= 0.3 is 0 Å². The molecule has 7 heavy (non-hydrogen) atoms. The van der Waals surface area contributed by atoms with Gasteiger partial charge in [0.15, 0.2) is 0 Å². The molecule has 0 atom stereocenters. The number of nitrogens with zero attached hydrogens (tertiary/aromatic N) is 1. The van der Waals surface area contributed by atoms with E-state index in [1.807, 2.05) is 19.2 Å². The first-order valence-corrected chi connectivity index (χ1v) is 2.69. The Bertz CT molecular complexity index is 48.1. The molecule has 0 fully saturated rings. The summed E-state index contributed by atoms with van der Waals surface area (Å²) in [5.41, 5.74) is 0. The molecule has 0 heterocycles. The van der Waals surface area contributed by atoms with Crippen LogP contribution in [0.3, 0.4) is 0 Å². The third kappa shape index (κ3) is 5.54.